The van der Waals surface area contributed by atoms with Crippen molar-refractivity contribution < 1.29 is 19.1 Å². The van der Waals surface area contributed by atoms with Crippen molar-refractivity contribution in [1.82, 2.24) is 15.5 Å². The van der Waals surface area contributed by atoms with Gasteiger partial charge in [-0.1, -0.05) is 29.8 Å². The molecule has 8 heteroatoms. The maximum Gasteiger partial charge on any atom is 0.308 e. The van der Waals surface area contributed by atoms with Crippen molar-refractivity contribution in [2.75, 3.05) is 20.2 Å². The Bertz CT molecular complexity index is 730. The lowest BCUT2D eigenvalue weighted by Crippen LogP contribution is -2.60. The highest BCUT2D eigenvalue weighted by Gasteiger charge is 2.33. The predicted molar refractivity (Wildman–Crippen MR) is 101 cm³/mol. The first-order chi connectivity index (χ1) is 12.4. The zero-order valence-electron chi connectivity index (χ0n) is 14.7. The van der Waals surface area contributed by atoms with Crippen LogP contribution in [0.3, 0.4) is 0 Å². The van der Waals surface area contributed by atoms with E-state index in [0.717, 1.165) is 11.1 Å². The second-order valence-electron chi connectivity index (χ2n) is 5.82. The number of ether oxygens (including phenoxy) is 1. The van der Waals surface area contributed by atoms with E-state index >= 15 is 0 Å². The number of methoxy groups -OCH3 is 1. The Hall–Kier alpha value is -2.74. The molecule has 0 saturated carbocycles. The van der Waals surface area contributed by atoms with Crippen LogP contribution in [0.1, 0.15) is 17.5 Å². The molecule has 0 spiro atoms. The number of hydrogen-bond donors (Lipinski definition) is 2. The molecule has 1 fully saturated rings. The minimum atomic E-state index is -0.801. The van der Waals surface area contributed by atoms with Gasteiger partial charge in [0.25, 0.3) is 0 Å². The number of piperazine rings is 1. The highest BCUT2D eigenvalue weighted by atomic mass is 32.1. The average Bonchev–Trinajstić information content (AvgIpc) is 2.62. The molecule has 2 amide bonds. The Labute approximate surface area is 157 Å². The van der Waals surface area contributed by atoms with Gasteiger partial charge in [0, 0.05) is 19.2 Å². The summed E-state index contributed by atoms with van der Waals surface area (Å²) in [6.45, 7) is 2.76. The van der Waals surface area contributed by atoms with E-state index in [0.29, 0.717) is 13.1 Å². The van der Waals surface area contributed by atoms with Gasteiger partial charge in [-0.05, 0) is 30.8 Å². The van der Waals surface area contributed by atoms with Crippen molar-refractivity contribution in [2.45, 2.75) is 19.4 Å². The predicted octanol–water partition coefficient (Wildman–Crippen LogP) is 0.773. The van der Waals surface area contributed by atoms with Gasteiger partial charge < -0.3 is 15.0 Å². The van der Waals surface area contributed by atoms with Crippen LogP contribution in [-0.4, -0.2) is 54.0 Å². The van der Waals surface area contributed by atoms with Gasteiger partial charge in [-0.2, -0.15) is 0 Å². The third-order valence-electron chi connectivity index (χ3n) is 3.91. The van der Waals surface area contributed by atoms with Crippen molar-refractivity contribution in [3.63, 3.8) is 0 Å². The summed E-state index contributed by atoms with van der Waals surface area (Å²) in [5, 5.41) is 5.35. The summed E-state index contributed by atoms with van der Waals surface area (Å²) < 4.78 is 4.62. The first-order valence-corrected chi connectivity index (χ1v) is 8.52. The number of esters is 1. The second kappa shape index (κ2) is 9.10. The molecule has 2 N–H and O–H groups in total. The summed E-state index contributed by atoms with van der Waals surface area (Å²) in [7, 11) is 1.25. The molecule has 1 atom stereocenters. The van der Waals surface area contributed by atoms with Crippen LogP contribution in [0.2, 0.25) is 0 Å². The van der Waals surface area contributed by atoms with Crippen molar-refractivity contribution in [1.29, 1.82) is 0 Å². The molecule has 26 heavy (non-hydrogen) atoms. The third kappa shape index (κ3) is 5.38. The van der Waals surface area contributed by atoms with E-state index in [9.17, 15) is 14.4 Å². The number of nitrogens with zero attached hydrogens (tertiary/aromatic N) is 1. The van der Waals surface area contributed by atoms with Gasteiger partial charge in [-0.25, -0.2) is 0 Å². The Kier molecular flexibility index (Phi) is 6.85. The van der Waals surface area contributed by atoms with Crippen LogP contribution in [-0.2, 0) is 19.1 Å². The first-order valence-electron chi connectivity index (χ1n) is 8.11. The molecular formula is C18H21N3O4S. The molecule has 1 unspecified atom stereocenters. The molecule has 2 rings (SSSR count). The average molecular weight is 375 g/mol. The number of aryl methyl sites for hydroxylation is 1. The van der Waals surface area contributed by atoms with E-state index in [4.69, 9.17) is 12.2 Å². The van der Waals surface area contributed by atoms with Crippen LogP contribution < -0.4 is 10.6 Å². The van der Waals surface area contributed by atoms with E-state index in [1.807, 2.05) is 31.2 Å². The van der Waals surface area contributed by atoms with Crippen LogP contribution >= 0.6 is 12.2 Å². The van der Waals surface area contributed by atoms with Crippen molar-refractivity contribution >= 4 is 41.2 Å². The van der Waals surface area contributed by atoms with E-state index < -0.39 is 17.9 Å². The maximum absolute atomic E-state index is 12.1. The molecule has 1 aliphatic heterocycles. The van der Waals surface area contributed by atoms with Gasteiger partial charge in [0.2, 0.25) is 11.8 Å². The molecule has 1 heterocycles. The Balaban J connectivity index is 1.99. The lowest BCUT2D eigenvalue weighted by Gasteiger charge is -2.35. The van der Waals surface area contributed by atoms with Gasteiger partial charge in [0.1, 0.15) is 6.04 Å². The zero-order valence-corrected chi connectivity index (χ0v) is 15.5. The lowest BCUT2D eigenvalue weighted by atomic mass is 10.1. The van der Waals surface area contributed by atoms with Gasteiger partial charge in [0.05, 0.1) is 13.5 Å². The molecule has 1 saturated heterocycles. The molecule has 1 aromatic carbocycles. The largest absolute Gasteiger partial charge is 0.469 e. The fraction of sp³-hybridized carbons (Fsp3) is 0.333. The molecule has 1 aliphatic rings. The van der Waals surface area contributed by atoms with Crippen molar-refractivity contribution in [3.8, 4) is 0 Å². The Morgan fingerprint density at radius 1 is 1.38 bits per heavy atom. The van der Waals surface area contributed by atoms with Crippen LogP contribution in [0.15, 0.2) is 30.3 Å². The lowest BCUT2D eigenvalue weighted by molar-refractivity contribution is -0.144. The number of thiocarbonyl (C=S) groups is 1. The highest BCUT2D eigenvalue weighted by Crippen LogP contribution is 2.10. The smallest absolute Gasteiger partial charge is 0.308 e. The molecule has 0 radical (unpaired) electrons. The van der Waals surface area contributed by atoms with E-state index in [2.05, 4.69) is 15.4 Å². The second-order valence-corrected chi connectivity index (χ2v) is 6.21. The quantitative estimate of drug-likeness (QED) is 0.459. The van der Waals surface area contributed by atoms with Gasteiger partial charge in [0.15, 0.2) is 5.11 Å². The molecule has 7 nitrogen and oxygen atoms in total. The summed E-state index contributed by atoms with van der Waals surface area (Å²) in [5.41, 5.74) is 2.02. The molecule has 138 valence electrons. The Morgan fingerprint density at radius 2 is 2.08 bits per heavy atom. The zero-order chi connectivity index (χ0) is 19.1. The standard InChI is InChI=1S/C18H21N3O4S/c1-12-3-5-13(6-4-12)7-8-15(22)20-18(26)21-10-9-19-17(24)14(21)11-16(23)25-2/h3-8,14H,9-11H2,1-2H3,(H,19,24)(H,20,22,26)/b8-7+. The van der Waals surface area contributed by atoms with E-state index in [-0.39, 0.29) is 17.4 Å². The van der Waals surface area contributed by atoms with Crippen molar-refractivity contribution in [3.05, 3.63) is 41.5 Å². The summed E-state index contributed by atoms with van der Waals surface area (Å²) in [6, 6.07) is 6.90. The summed E-state index contributed by atoms with van der Waals surface area (Å²) in [4.78, 5) is 37.2. The maximum atomic E-state index is 12.1. The fourth-order valence-electron chi connectivity index (χ4n) is 2.47. The number of rotatable bonds is 4. The first kappa shape index (κ1) is 19.6. The molecule has 0 aromatic heterocycles. The summed E-state index contributed by atoms with van der Waals surface area (Å²) in [5.74, 6) is -1.25. The number of amides is 2. The summed E-state index contributed by atoms with van der Waals surface area (Å²) >= 11 is 5.25. The molecular weight excluding hydrogens is 354 g/mol. The minimum Gasteiger partial charge on any atom is -0.469 e. The van der Waals surface area contributed by atoms with Crippen LogP contribution in [0, 0.1) is 6.92 Å². The Morgan fingerprint density at radius 3 is 2.73 bits per heavy atom. The van der Waals surface area contributed by atoms with Gasteiger partial charge in [-0.3, -0.25) is 19.7 Å². The van der Waals surface area contributed by atoms with E-state index in [1.54, 1.807) is 6.08 Å². The van der Waals surface area contributed by atoms with Crippen LogP contribution in [0.25, 0.3) is 6.08 Å². The van der Waals surface area contributed by atoms with Gasteiger partial charge in [-0.15, -0.1) is 0 Å². The number of nitrogens with one attached hydrogen (secondary N) is 2. The van der Waals surface area contributed by atoms with Gasteiger partial charge >= 0.3 is 5.97 Å². The monoisotopic (exact) mass is 375 g/mol. The van der Waals surface area contributed by atoms with Crippen molar-refractivity contribution in [2.24, 2.45) is 0 Å². The topological polar surface area (TPSA) is 87.7 Å². The summed E-state index contributed by atoms with van der Waals surface area (Å²) in [6.07, 6.45) is 2.90. The van der Waals surface area contributed by atoms with Crippen LogP contribution in [0.4, 0.5) is 0 Å². The normalized spacial score (nSPS) is 16.9. The number of hydrogen-bond acceptors (Lipinski definition) is 5. The molecule has 0 aliphatic carbocycles. The SMILES string of the molecule is COC(=O)CC1C(=O)NCCN1C(=S)NC(=O)/C=C/c1ccc(C)cc1. The number of benzene rings is 1. The minimum absolute atomic E-state index is 0.104. The molecule has 1 aromatic rings. The fourth-order valence-corrected chi connectivity index (χ4v) is 2.79. The molecule has 0 bridgehead atoms. The highest BCUT2D eigenvalue weighted by molar-refractivity contribution is 7.80. The van der Waals surface area contributed by atoms with E-state index in [1.165, 1.54) is 18.1 Å². The number of carbonyl (C=O) groups is 3. The third-order valence-corrected chi connectivity index (χ3v) is 4.25. The van der Waals surface area contributed by atoms with Crippen LogP contribution in [0.5, 0.6) is 0 Å². The number of carbonyl (C=O) groups excluding carboxylic acids is 3.